The number of hydroxylamine groups is 2. The topological polar surface area (TPSA) is 68.6 Å². The molecule has 2 N–H and O–H groups in total. The molecule has 5 aromatic rings. The Kier molecular flexibility index (Phi) is 7.42. The summed E-state index contributed by atoms with van der Waals surface area (Å²) in [6.07, 6.45) is 7.34. The first-order valence-corrected chi connectivity index (χ1v) is 18.0. The minimum atomic E-state index is -1.19. The van der Waals surface area contributed by atoms with Crippen LogP contribution in [-0.2, 0) is 11.2 Å². The van der Waals surface area contributed by atoms with Crippen molar-refractivity contribution < 1.29 is 19.8 Å². The van der Waals surface area contributed by atoms with Gasteiger partial charge in [-0.2, -0.15) is 5.06 Å². The Bertz CT molecular complexity index is 2120. The van der Waals surface area contributed by atoms with Crippen LogP contribution in [0.5, 0.6) is 11.5 Å². The lowest BCUT2D eigenvalue weighted by atomic mass is 9.79. The fourth-order valence-corrected chi connectivity index (χ4v) is 8.83. The number of rotatable bonds is 6. The zero-order valence-corrected chi connectivity index (χ0v) is 28.7. The first-order chi connectivity index (χ1) is 24.4. The number of hydrogen-bond acceptors (Lipinski definition) is 7. The van der Waals surface area contributed by atoms with Gasteiger partial charge in [0.2, 0.25) is 0 Å². The van der Waals surface area contributed by atoms with Crippen LogP contribution in [0.3, 0.4) is 0 Å². The van der Waals surface area contributed by atoms with Gasteiger partial charge in [0, 0.05) is 72.6 Å². The Morgan fingerprint density at radius 1 is 0.780 bits per heavy atom. The number of anilines is 2. The van der Waals surface area contributed by atoms with Crippen molar-refractivity contribution in [3.63, 3.8) is 0 Å². The number of nitrogens with zero attached hydrogens (tertiary/aromatic N) is 3. The largest absolute Gasteiger partial charge is 0.495 e. The summed E-state index contributed by atoms with van der Waals surface area (Å²) >= 11 is 0. The number of aliphatic hydroxyl groups is 1. The number of ether oxygens (including phenoxy) is 2. The van der Waals surface area contributed by atoms with E-state index >= 15 is 0 Å². The summed E-state index contributed by atoms with van der Waals surface area (Å²) in [5.41, 5.74) is 6.98. The maximum absolute atomic E-state index is 12.7. The summed E-state index contributed by atoms with van der Waals surface area (Å²) in [6, 6.07) is 31.9. The molecule has 0 saturated carbocycles. The van der Waals surface area contributed by atoms with Crippen molar-refractivity contribution in [2.24, 2.45) is 0 Å². The normalized spacial score (nSPS) is 22.7. The van der Waals surface area contributed by atoms with E-state index in [1.807, 2.05) is 12.1 Å². The van der Waals surface area contributed by atoms with E-state index in [9.17, 15) is 10.3 Å². The van der Waals surface area contributed by atoms with Crippen LogP contribution in [0.15, 0.2) is 97.1 Å². The highest BCUT2D eigenvalue weighted by Gasteiger charge is 2.47. The maximum Gasteiger partial charge on any atom is 0.178 e. The van der Waals surface area contributed by atoms with Crippen LogP contribution in [0.25, 0.3) is 28.0 Å². The van der Waals surface area contributed by atoms with Gasteiger partial charge in [-0.15, -0.1) is 0 Å². The molecule has 5 aromatic carbocycles. The number of piperazine rings is 1. The highest BCUT2D eigenvalue weighted by Crippen LogP contribution is 2.59. The number of methoxy groups -OCH3 is 1. The third kappa shape index (κ3) is 4.60. The summed E-state index contributed by atoms with van der Waals surface area (Å²) in [6.45, 7) is 6.67. The van der Waals surface area contributed by atoms with Crippen LogP contribution in [0.2, 0.25) is 0 Å². The van der Waals surface area contributed by atoms with E-state index in [1.165, 1.54) is 23.6 Å². The molecular weight excluding hydrogens is 622 g/mol. The van der Waals surface area contributed by atoms with Gasteiger partial charge in [-0.3, -0.25) is 0 Å². The zero-order chi connectivity index (χ0) is 34.0. The van der Waals surface area contributed by atoms with Crippen molar-refractivity contribution in [1.29, 1.82) is 0 Å². The van der Waals surface area contributed by atoms with Gasteiger partial charge in [0.25, 0.3) is 0 Å². The minimum absolute atomic E-state index is 0.520. The first kappa shape index (κ1) is 31.2. The monoisotopic (exact) mass is 665 g/mol. The van der Waals surface area contributed by atoms with E-state index in [1.54, 1.807) is 7.11 Å². The highest BCUT2D eigenvalue weighted by molar-refractivity contribution is 6.10. The molecule has 7 heteroatoms. The van der Waals surface area contributed by atoms with Crippen molar-refractivity contribution >= 4 is 28.2 Å². The summed E-state index contributed by atoms with van der Waals surface area (Å²) < 4.78 is 13.6. The second-order valence-corrected chi connectivity index (χ2v) is 14.0. The SMILES string of the molecule is CCC1(O)c2ccccc2-c2c1c1c(c3cc(OC)c(N4CCN(O)CC4)cc23)OC(c2ccccc2)(c2ccc(N3CCCC3)cc2)C=C1. The molecule has 254 valence electrons. The Balaban J connectivity index is 1.31. The molecule has 0 amide bonds. The fraction of sp³-hybridized carbons (Fsp3) is 0.302. The molecule has 0 spiro atoms. The molecule has 50 heavy (non-hydrogen) atoms. The van der Waals surface area contributed by atoms with Crippen molar-refractivity contribution in [3.8, 4) is 22.6 Å². The Labute approximate surface area is 293 Å². The molecule has 3 heterocycles. The average molecular weight is 666 g/mol. The summed E-state index contributed by atoms with van der Waals surface area (Å²) in [4.78, 5) is 4.73. The van der Waals surface area contributed by atoms with Gasteiger partial charge in [-0.1, -0.05) is 79.7 Å². The van der Waals surface area contributed by atoms with E-state index < -0.39 is 11.2 Å². The summed E-state index contributed by atoms with van der Waals surface area (Å²) in [7, 11) is 1.72. The molecule has 0 radical (unpaired) electrons. The molecule has 3 aliphatic heterocycles. The molecule has 2 saturated heterocycles. The predicted octanol–water partition coefficient (Wildman–Crippen LogP) is 7.94. The summed E-state index contributed by atoms with van der Waals surface area (Å²) in [5, 5.41) is 26.2. The Morgan fingerprint density at radius 3 is 2.20 bits per heavy atom. The fourth-order valence-electron chi connectivity index (χ4n) is 8.83. The Hall–Kier alpha value is -4.82. The molecule has 4 aliphatic rings. The smallest absolute Gasteiger partial charge is 0.178 e. The lowest BCUT2D eigenvalue weighted by Crippen LogP contribution is -2.44. The number of fused-ring (bicyclic) bond motifs is 8. The molecule has 2 atom stereocenters. The van der Waals surface area contributed by atoms with Gasteiger partial charge in [0.05, 0.1) is 12.8 Å². The van der Waals surface area contributed by atoms with Crippen LogP contribution in [0.4, 0.5) is 11.4 Å². The third-order valence-electron chi connectivity index (χ3n) is 11.5. The first-order valence-electron chi connectivity index (χ1n) is 18.0. The van der Waals surface area contributed by atoms with Crippen LogP contribution in [0, 0.1) is 0 Å². The van der Waals surface area contributed by atoms with Crippen LogP contribution in [-0.4, -0.2) is 61.8 Å². The lowest BCUT2D eigenvalue weighted by Gasteiger charge is -2.39. The van der Waals surface area contributed by atoms with Gasteiger partial charge in [0.1, 0.15) is 17.1 Å². The lowest BCUT2D eigenvalue weighted by molar-refractivity contribution is -0.0936. The highest BCUT2D eigenvalue weighted by atomic mass is 16.5. The van der Waals surface area contributed by atoms with Crippen molar-refractivity contribution in [3.05, 3.63) is 125 Å². The molecule has 7 nitrogen and oxygen atoms in total. The standard InChI is InChI=1S/C43H43N3O4/c1-3-42(47)36-14-8-7-13-32(36)39-34-27-37(45-23-25-46(48)26-24-45)38(49-2)28-35(34)41-33(40(39)42)19-20-43(50-41,29-11-5-4-6-12-29)30-15-17-31(18-16-30)44-21-9-10-22-44/h4-8,11-20,27-28,47-48H,3,9-10,21-26H2,1-2H3. The molecule has 2 unspecified atom stereocenters. The molecular formula is C43H43N3O4. The maximum atomic E-state index is 12.7. The van der Waals surface area contributed by atoms with E-state index in [4.69, 9.17) is 9.47 Å². The van der Waals surface area contributed by atoms with Crippen molar-refractivity contribution in [2.75, 3.05) is 56.2 Å². The predicted molar refractivity (Wildman–Crippen MR) is 200 cm³/mol. The minimum Gasteiger partial charge on any atom is -0.495 e. The quantitative estimate of drug-likeness (QED) is 0.191. The molecule has 2 fully saturated rings. The molecule has 9 rings (SSSR count). The zero-order valence-electron chi connectivity index (χ0n) is 28.7. The van der Waals surface area contributed by atoms with Crippen molar-refractivity contribution in [2.45, 2.75) is 37.4 Å². The number of benzene rings is 5. The Morgan fingerprint density at radius 2 is 1.48 bits per heavy atom. The van der Waals surface area contributed by atoms with E-state index in [0.717, 1.165) is 80.0 Å². The molecule has 0 aromatic heterocycles. The van der Waals surface area contributed by atoms with E-state index in [2.05, 4.69) is 108 Å². The average Bonchev–Trinajstić information content (AvgIpc) is 3.81. The number of hydrogen-bond donors (Lipinski definition) is 2. The molecule has 0 bridgehead atoms. The van der Waals surface area contributed by atoms with E-state index in [-0.39, 0.29) is 0 Å². The summed E-state index contributed by atoms with van der Waals surface area (Å²) in [5.74, 6) is 1.49. The van der Waals surface area contributed by atoms with Gasteiger partial charge in [-0.05, 0) is 71.7 Å². The van der Waals surface area contributed by atoms with Crippen LogP contribution < -0.4 is 19.3 Å². The van der Waals surface area contributed by atoms with Gasteiger partial charge in [-0.25, -0.2) is 0 Å². The third-order valence-corrected chi connectivity index (χ3v) is 11.5. The van der Waals surface area contributed by atoms with E-state index in [0.29, 0.717) is 32.6 Å². The van der Waals surface area contributed by atoms with Gasteiger partial charge in [0.15, 0.2) is 5.60 Å². The van der Waals surface area contributed by atoms with Gasteiger partial charge < -0.3 is 29.6 Å². The second-order valence-electron chi connectivity index (χ2n) is 14.0. The van der Waals surface area contributed by atoms with Crippen molar-refractivity contribution in [1.82, 2.24) is 5.06 Å². The van der Waals surface area contributed by atoms with Crippen LogP contribution in [0.1, 0.15) is 54.0 Å². The molecule has 1 aliphatic carbocycles. The van der Waals surface area contributed by atoms with Crippen LogP contribution >= 0.6 is 0 Å². The second kappa shape index (κ2) is 11.9. The van der Waals surface area contributed by atoms with Gasteiger partial charge >= 0.3 is 0 Å².